The lowest BCUT2D eigenvalue weighted by molar-refractivity contribution is -0.137. The van der Waals surface area contributed by atoms with Crippen LogP contribution in [0.5, 0.6) is 0 Å². The van der Waals surface area contributed by atoms with Crippen molar-refractivity contribution in [2.24, 2.45) is 0 Å². The smallest absolute Gasteiger partial charge is 0.362 e. The molecule has 0 heterocycles. The molecule has 1 atom stereocenters. The van der Waals surface area contributed by atoms with Gasteiger partial charge in [0.15, 0.2) is 6.10 Å². The maximum absolute atomic E-state index is 12.2. The molecule has 0 aliphatic rings. The van der Waals surface area contributed by atoms with Crippen molar-refractivity contribution in [3.63, 3.8) is 0 Å². The first kappa shape index (κ1) is 11.5. The van der Waals surface area contributed by atoms with E-state index in [1.807, 2.05) is 6.07 Å². The van der Waals surface area contributed by atoms with Gasteiger partial charge < -0.3 is 4.74 Å². The predicted octanol–water partition coefficient (Wildman–Crippen LogP) is 2.92. The van der Waals surface area contributed by atoms with Crippen LogP contribution in [0.4, 0.5) is 13.2 Å². The Morgan fingerprint density at radius 3 is 2.13 bits per heavy atom. The van der Waals surface area contributed by atoms with Crippen LogP contribution < -0.4 is 0 Å². The lowest BCUT2D eigenvalue weighted by Crippen LogP contribution is -2.05. The van der Waals surface area contributed by atoms with Gasteiger partial charge in [-0.05, 0) is 17.7 Å². The van der Waals surface area contributed by atoms with Crippen LogP contribution >= 0.6 is 0 Å². The van der Waals surface area contributed by atoms with Gasteiger partial charge >= 0.3 is 6.18 Å². The zero-order chi connectivity index (χ0) is 11.5. The molecule has 0 aliphatic carbocycles. The van der Waals surface area contributed by atoms with Crippen LogP contribution in [0, 0.1) is 11.3 Å². The minimum atomic E-state index is -4.35. The largest absolute Gasteiger partial charge is 0.416 e. The number of benzene rings is 1. The van der Waals surface area contributed by atoms with E-state index in [1.54, 1.807) is 0 Å². The third-order valence-electron chi connectivity index (χ3n) is 1.89. The van der Waals surface area contributed by atoms with Gasteiger partial charge in [0.1, 0.15) is 0 Å². The molecular weight excluding hydrogens is 207 g/mol. The average Bonchev–Trinajstić information content (AvgIpc) is 2.19. The number of nitriles is 1. The zero-order valence-corrected chi connectivity index (χ0v) is 7.88. The van der Waals surface area contributed by atoms with Gasteiger partial charge in [-0.25, -0.2) is 0 Å². The van der Waals surface area contributed by atoms with Crippen molar-refractivity contribution in [2.45, 2.75) is 12.3 Å². The van der Waals surface area contributed by atoms with Crippen molar-refractivity contribution in [3.05, 3.63) is 35.4 Å². The molecule has 0 amide bonds. The van der Waals surface area contributed by atoms with Crippen LogP contribution in [-0.2, 0) is 10.9 Å². The quantitative estimate of drug-likeness (QED) is 0.759. The van der Waals surface area contributed by atoms with E-state index in [2.05, 4.69) is 0 Å². The molecular formula is C10H8F3NO. The van der Waals surface area contributed by atoms with Crippen molar-refractivity contribution in [3.8, 4) is 6.07 Å². The molecule has 5 heteroatoms. The number of nitrogens with zero attached hydrogens (tertiary/aromatic N) is 1. The Morgan fingerprint density at radius 1 is 1.27 bits per heavy atom. The van der Waals surface area contributed by atoms with E-state index in [0.717, 1.165) is 12.1 Å². The summed E-state index contributed by atoms with van der Waals surface area (Å²) in [5.41, 5.74) is -0.327. The number of hydrogen-bond donors (Lipinski definition) is 0. The van der Waals surface area contributed by atoms with E-state index in [-0.39, 0.29) is 0 Å². The number of halogens is 3. The first-order chi connectivity index (χ1) is 6.99. The van der Waals surface area contributed by atoms with E-state index in [1.165, 1.54) is 19.2 Å². The molecule has 0 aliphatic heterocycles. The Hall–Kier alpha value is -1.54. The lowest BCUT2D eigenvalue weighted by atomic mass is 10.1. The Labute approximate surface area is 84.9 Å². The van der Waals surface area contributed by atoms with E-state index in [9.17, 15) is 13.2 Å². The fourth-order valence-electron chi connectivity index (χ4n) is 1.11. The third kappa shape index (κ3) is 2.70. The molecule has 1 unspecified atom stereocenters. The van der Waals surface area contributed by atoms with Crippen molar-refractivity contribution < 1.29 is 17.9 Å². The maximum atomic E-state index is 12.2. The highest BCUT2D eigenvalue weighted by Gasteiger charge is 2.30. The monoisotopic (exact) mass is 215 g/mol. The summed E-state index contributed by atoms with van der Waals surface area (Å²) in [7, 11) is 1.32. The third-order valence-corrected chi connectivity index (χ3v) is 1.89. The van der Waals surface area contributed by atoms with Gasteiger partial charge in [-0.1, -0.05) is 12.1 Å². The summed E-state index contributed by atoms with van der Waals surface area (Å²) in [5, 5.41) is 8.61. The SMILES string of the molecule is COC(C#N)c1ccc(C(F)(F)F)cc1. The van der Waals surface area contributed by atoms with Gasteiger partial charge in [0.2, 0.25) is 0 Å². The summed E-state index contributed by atoms with van der Waals surface area (Å²) < 4.78 is 41.3. The van der Waals surface area contributed by atoms with Crippen LogP contribution in [0.3, 0.4) is 0 Å². The van der Waals surface area contributed by atoms with Crippen molar-refractivity contribution in [2.75, 3.05) is 7.11 Å². The second-order valence-corrected chi connectivity index (χ2v) is 2.86. The van der Waals surface area contributed by atoms with Crippen LogP contribution in [0.2, 0.25) is 0 Å². The topological polar surface area (TPSA) is 33.0 Å². The number of ether oxygens (including phenoxy) is 1. The van der Waals surface area contributed by atoms with Gasteiger partial charge in [0, 0.05) is 7.11 Å². The molecule has 0 aromatic heterocycles. The van der Waals surface area contributed by atoms with E-state index in [4.69, 9.17) is 10.00 Å². The summed E-state index contributed by atoms with van der Waals surface area (Å²) in [6.07, 6.45) is -5.18. The summed E-state index contributed by atoms with van der Waals surface area (Å²) in [5.74, 6) is 0. The zero-order valence-electron chi connectivity index (χ0n) is 7.88. The Balaban J connectivity index is 2.96. The van der Waals surface area contributed by atoms with Crippen molar-refractivity contribution >= 4 is 0 Å². The van der Waals surface area contributed by atoms with Crippen LogP contribution in [-0.4, -0.2) is 7.11 Å². The second-order valence-electron chi connectivity index (χ2n) is 2.86. The molecule has 0 N–H and O–H groups in total. The first-order valence-corrected chi connectivity index (χ1v) is 4.08. The Bertz CT molecular complexity index is 364. The molecule has 0 radical (unpaired) electrons. The van der Waals surface area contributed by atoms with Crippen molar-refractivity contribution in [1.29, 1.82) is 5.26 Å². The standard InChI is InChI=1S/C10H8F3NO/c1-15-9(6-14)7-2-4-8(5-3-7)10(11,12)13/h2-5,9H,1H3. The fourth-order valence-corrected chi connectivity index (χ4v) is 1.11. The Morgan fingerprint density at radius 2 is 1.80 bits per heavy atom. The van der Waals surface area contributed by atoms with Gasteiger partial charge in [-0.3, -0.25) is 0 Å². The summed E-state index contributed by atoms with van der Waals surface area (Å²) in [6.45, 7) is 0. The maximum Gasteiger partial charge on any atom is 0.416 e. The fraction of sp³-hybridized carbons (Fsp3) is 0.300. The normalized spacial score (nSPS) is 13.3. The molecule has 0 bridgehead atoms. The summed E-state index contributed by atoms with van der Waals surface area (Å²) in [4.78, 5) is 0. The van der Waals surface area contributed by atoms with Crippen molar-refractivity contribution in [1.82, 2.24) is 0 Å². The molecule has 15 heavy (non-hydrogen) atoms. The molecule has 0 spiro atoms. The highest BCUT2D eigenvalue weighted by molar-refractivity contribution is 5.28. The molecule has 1 rings (SSSR count). The lowest BCUT2D eigenvalue weighted by Gasteiger charge is -2.09. The minimum absolute atomic E-state index is 0.410. The average molecular weight is 215 g/mol. The van der Waals surface area contributed by atoms with Gasteiger partial charge in [-0.15, -0.1) is 0 Å². The summed E-state index contributed by atoms with van der Waals surface area (Å²) in [6, 6.07) is 6.15. The number of hydrogen-bond acceptors (Lipinski definition) is 2. The van der Waals surface area contributed by atoms with Crippen LogP contribution in [0.25, 0.3) is 0 Å². The second kappa shape index (κ2) is 4.32. The highest BCUT2D eigenvalue weighted by Crippen LogP contribution is 2.30. The molecule has 1 aromatic carbocycles. The van der Waals surface area contributed by atoms with E-state index < -0.39 is 17.8 Å². The molecule has 80 valence electrons. The number of alkyl halides is 3. The predicted molar refractivity (Wildman–Crippen MR) is 46.8 cm³/mol. The Kier molecular flexibility index (Phi) is 3.32. The van der Waals surface area contributed by atoms with Gasteiger partial charge in [0.25, 0.3) is 0 Å². The minimum Gasteiger partial charge on any atom is -0.362 e. The van der Waals surface area contributed by atoms with Gasteiger partial charge in [-0.2, -0.15) is 18.4 Å². The van der Waals surface area contributed by atoms with E-state index >= 15 is 0 Å². The van der Waals surface area contributed by atoms with Crippen LogP contribution in [0.1, 0.15) is 17.2 Å². The first-order valence-electron chi connectivity index (χ1n) is 4.08. The molecule has 0 saturated heterocycles. The highest BCUT2D eigenvalue weighted by atomic mass is 19.4. The van der Waals surface area contributed by atoms with Gasteiger partial charge in [0.05, 0.1) is 11.6 Å². The number of rotatable bonds is 2. The summed E-state index contributed by atoms with van der Waals surface area (Å²) >= 11 is 0. The van der Waals surface area contributed by atoms with E-state index in [0.29, 0.717) is 5.56 Å². The molecule has 2 nitrogen and oxygen atoms in total. The molecule has 0 fully saturated rings. The number of methoxy groups -OCH3 is 1. The van der Waals surface area contributed by atoms with Crippen LogP contribution in [0.15, 0.2) is 24.3 Å². The molecule has 0 saturated carbocycles. The molecule has 1 aromatic rings.